The van der Waals surface area contributed by atoms with Crippen LogP contribution in [0.3, 0.4) is 0 Å². The van der Waals surface area contributed by atoms with E-state index in [9.17, 15) is 8.42 Å². The maximum Gasteiger partial charge on any atom is 0.244 e. The molecule has 1 aromatic rings. The fourth-order valence-corrected chi connectivity index (χ4v) is 5.22. The minimum absolute atomic E-state index is 0.0725. The largest absolute Gasteiger partial charge is 0.378 e. The molecular formula is C15H17ClN2O3S. The number of hydrogen-bond acceptors (Lipinski definition) is 4. The average Bonchev–Trinajstić information content (AvgIpc) is 2.54. The van der Waals surface area contributed by atoms with E-state index < -0.39 is 10.0 Å². The van der Waals surface area contributed by atoms with Crippen LogP contribution < -0.4 is 0 Å². The molecule has 0 N–H and O–H groups in total. The minimum Gasteiger partial charge on any atom is -0.378 e. The van der Waals surface area contributed by atoms with Crippen LogP contribution >= 0.6 is 11.6 Å². The number of halogens is 1. The molecule has 7 heteroatoms. The van der Waals surface area contributed by atoms with Gasteiger partial charge in [0.05, 0.1) is 22.8 Å². The van der Waals surface area contributed by atoms with E-state index in [0.29, 0.717) is 18.7 Å². The second-order valence-corrected chi connectivity index (χ2v) is 8.03. The lowest BCUT2D eigenvalue weighted by Crippen LogP contribution is -2.48. The van der Waals surface area contributed by atoms with Gasteiger partial charge in [0.15, 0.2) is 0 Å². The Morgan fingerprint density at radius 3 is 2.91 bits per heavy atom. The van der Waals surface area contributed by atoms with E-state index in [1.807, 2.05) is 6.07 Å². The van der Waals surface area contributed by atoms with Crippen molar-refractivity contribution in [3.05, 3.63) is 28.8 Å². The second-order valence-electron chi connectivity index (χ2n) is 5.72. The maximum absolute atomic E-state index is 12.8. The normalized spacial score (nSPS) is 26.2. The molecule has 118 valence electrons. The molecule has 2 heterocycles. The summed E-state index contributed by atoms with van der Waals surface area (Å²) in [5.74, 6) is 0.259. The summed E-state index contributed by atoms with van der Waals surface area (Å²) in [6, 6.07) is 6.25. The van der Waals surface area contributed by atoms with Crippen LogP contribution in [-0.2, 0) is 14.8 Å². The lowest BCUT2D eigenvalue weighted by molar-refractivity contribution is -0.0534. The first-order valence-electron chi connectivity index (χ1n) is 7.34. The lowest BCUT2D eigenvalue weighted by Gasteiger charge is -2.40. The van der Waals surface area contributed by atoms with Crippen molar-refractivity contribution in [2.24, 2.45) is 5.92 Å². The molecule has 0 spiro atoms. The van der Waals surface area contributed by atoms with Crippen LogP contribution in [0.15, 0.2) is 23.1 Å². The molecule has 5 nitrogen and oxygen atoms in total. The second kappa shape index (κ2) is 6.17. The summed E-state index contributed by atoms with van der Waals surface area (Å²) < 4.78 is 32.8. The fourth-order valence-electron chi connectivity index (χ4n) is 3.19. The van der Waals surface area contributed by atoms with E-state index in [2.05, 4.69) is 0 Å². The Morgan fingerprint density at radius 1 is 1.36 bits per heavy atom. The highest BCUT2D eigenvalue weighted by Gasteiger charge is 2.37. The van der Waals surface area contributed by atoms with E-state index in [1.165, 1.54) is 22.5 Å². The number of sulfonamides is 1. The first-order chi connectivity index (χ1) is 10.5. The van der Waals surface area contributed by atoms with Gasteiger partial charge in [-0.1, -0.05) is 11.6 Å². The van der Waals surface area contributed by atoms with Crippen LogP contribution in [-0.4, -0.2) is 38.5 Å². The predicted octanol–water partition coefficient (Wildman–Crippen LogP) is 2.40. The zero-order valence-corrected chi connectivity index (χ0v) is 13.6. The van der Waals surface area contributed by atoms with Crippen molar-refractivity contribution >= 4 is 21.6 Å². The van der Waals surface area contributed by atoms with Gasteiger partial charge < -0.3 is 4.74 Å². The molecule has 2 saturated heterocycles. The molecule has 0 radical (unpaired) electrons. The minimum atomic E-state index is -3.63. The van der Waals surface area contributed by atoms with Crippen LogP contribution in [0.4, 0.5) is 0 Å². The molecule has 1 aromatic carbocycles. The molecule has 22 heavy (non-hydrogen) atoms. The average molecular weight is 341 g/mol. The third-order valence-electron chi connectivity index (χ3n) is 4.36. The summed E-state index contributed by atoms with van der Waals surface area (Å²) in [6.07, 6.45) is 2.87. The van der Waals surface area contributed by atoms with Gasteiger partial charge in [0.2, 0.25) is 10.0 Å². The molecule has 0 unspecified atom stereocenters. The van der Waals surface area contributed by atoms with Gasteiger partial charge in [-0.05, 0) is 43.4 Å². The van der Waals surface area contributed by atoms with E-state index in [4.69, 9.17) is 21.6 Å². The smallest absolute Gasteiger partial charge is 0.244 e. The molecule has 2 fully saturated rings. The number of rotatable bonds is 2. The van der Waals surface area contributed by atoms with Gasteiger partial charge in [-0.15, -0.1) is 0 Å². The van der Waals surface area contributed by atoms with Crippen LogP contribution in [0.2, 0.25) is 5.02 Å². The van der Waals surface area contributed by atoms with Crippen molar-refractivity contribution in [2.75, 3.05) is 19.7 Å². The van der Waals surface area contributed by atoms with E-state index >= 15 is 0 Å². The van der Waals surface area contributed by atoms with Crippen molar-refractivity contribution in [3.63, 3.8) is 0 Å². The van der Waals surface area contributed by atoms with Crippen molar-refractivity contribution < 1.29 is 13.2 Å². The summed E-state index contributed by atoms with van der Waals surface area (Å²) in [5.41, 5.74) is 0.350. The molecule has 2 atom stereocenters. The summed E-state index contributed by atoms with van der Waals surface area (Å²) in [7, 11) is -3.63. The molecule has 0 aliphatic carbocycles. The van der Waals surface area contributed by atoms with Gasteiger partial charge in [-0.2, -0.15) is 9.57 Å². The molecule has 0 saturated carbocycles. The molecule has 0 amide bonds. The summed E-state index contributed by atoms with van der Waals surface area (Å²) in [5, 5.41) is 8.95. The van der Waals surface area contributed by atoms with Crippen molar-refractivity contribution in [3.8, 4) is 6.07 Å². The van der Waals surface area contributed by atoms with Gasteiger partial charge in [0.1, 0.15) is 4.90 Å². The maximum atomic E-state index is 12.8. The molecule has 2 aliphatic rings. The van der Waals surface area contributed by atoms with Gasteiger partial charge in [-0.3, -0.25) is 0 Å². The Hall–Kier alpha value is -1.13. The summed E-state index contributed by atoms with van der Waals surface area (Å²) in [6.45, 7) is 1.69. The number of nitrogens with zero attached hydrogens (tertiary/aromatic N) is 2. The standard InChI is InChI=1S/C15H17ClN2O3S/c16-13-8-11(9-17)3-4-15(13)22(19,20)18-6-5-14-12(10-18)2-1-7-21-14/h3-4,8,12,14H,1-2,5-7,10H2/t12-,14+/m1/s1. The monoisotopic (exact) mass is 340 g/mol. The molecule has 0 aromatic heterocycles. The third kappa shape index (κ3) is 2.86. The van der Waals surface area contributed by atoms with Crippen LogP contribution in [0.1, 0.15) is 24.8 Å². The SMILES string of the molecule is N#Cc1ccc(S(=O)(=O)N2CC[C@@H]3OCCC[C@@H]3C2)c(Cl)c1. The quantitative estimate of drug-likeness (QED) is 0.828. The van der Waals surface area contributed by atoms with E-state index in [-0.39, 0.29) is 21.9 Å². The number of ether oxygens (including phenoxy) is 1. The Kier molecular flexibility index (Phi) is 4.42. The first kappa shape index (κ1) is 15.8. The first-order valence-corrected chi connectivity index (χ1v) is 9.15. The Morgan fingerprint density at radius 2 is 2.18 bits per heavy atom. The van der Waals surface area contributed by atoms with Crippen molar-refractivity contribution in [1.29, 1.82) is 5.26 Å². The van der Waals surface area contributed by atoms with E-state index in [0.717, 1.165) is 25.9 Å². The topological polar surface area (TPSA) is 70.4 Å². The van der Waals surface area contributed by atoms with Gasteiger partial charge >= 0.3 is 0 Å². The molecule has 0 bridgehead atoms. The van der Waals surface area contributed by atoms with Gasteiger partial charge in [0.25, 0.3) is 0 Å². The zero-order valence-electron chi connectivity index (χ0n) is 12.0. The predicted molar refractivity (Wildman–Crippen MR) is 82.0 cm³/mol. The van der Waals surface area contributed by atoms with Crippen LogP contribution in [0.25, 0.3) is 0 Å². The van der Waals surface area contributed by atoms with Crippen molar-refractivity contribution in [2.45, 2.75) is 30.3 Å². The highest BCUT2D eigenvalue weighted by molar-refractivity contribution is 7.89. The van der Waals surface area contributed by atoms with Gasteiger partial charge in [0, 0.05) is 19.7 Å². The number of fused-ring (bicyclic) bond motifs is 1. The summed E-state index contributed by atoms with van der Waals surface area (Å²) in [4.78, 5) is 0.0725. The number of benzene rings is 1. The Labute approximate surface area is 135 Å². The highest BCUT2D eigenvalue weighted by Crippen LogP contribution is 2.33. The molecule has 2 aliphatic heterocycles. The van der Waals surface area contributed by atoms with E-state index in [1.54, 1.807) is 0 Å². The van der Waals surface area contributed by atoms with Crippen LogP contribution in [0, 0.1) is 17.2 Å². The van der Waals surface area contributed by atoms with Crippen molar-refractivity contribution in [1.82, 2.24) is 4.31 Å². The van der Waals surface area contributed by atoms with Crippen LogP contribution in [0.5, 0.6) is 0 Å². The number of piperidine rings is 1. The fraction of sp³-hybridized carbons (Fsp3) is 0.533. The molecular weight excluding hydrogens is 324 g/mol. The third-order valence-corrected chi connectivity index (χ3v) is 6.70. The lowest BCUT2D eigenvalue weighted by atomic mass is 9.90. The Bertz CT molecular complexity index is 714. The number of hydrogen-bond donors (Lipinski definition) is 0. The van der Waals surface area contributed by atoms with Gasteiger partial charge in [-0.25, -0.2) is 8.42 Å². The highest BCUT2D eigenvalue weighted by atomic mass is 35.5. The molecule has 3 rings (SSSR count). The zero-order chi connectivity index (χ0) is 15.7. The summed E-state index contributed by atoms with van der Waals surface area (Å²) >= 11 is 6.07. The Balaban J connectivity index is 1.85. The number of nitriles is 1.